The summed E-state index contributed by atoms with van der Waals surface area (Å²) in [5, 5.41) is 3.67. The molecular weight excluding hydrogens is 208 g/mol. The fraction of sp³-hybridized carbons (Fsp3) is 0.600. The standard InChI is InChI=1S/C15H22N2/c1-11-6-7-13(10-12(11)2)17-9-8-16-14-4-3-5-15(14)17/h6-7,10,14-16H,3-5,8-9H2,1-2H3. The Morgan fingerprint density at radius 2 is 2.06 bits per heavy atom. The first-order valence-electron chi connectivity index (χ1n) is 6.83. The van der Waals surface area contributed by atoms with Gasteiger partial charge in [-0.05, 0) is 56.4 Å². The summed E-state index contributed by atoms with van der Waals surface area (Å²) in [6, 6.07) is 8.37. The van der Waals surface area contributed by atoms with Crippen LogP contribution in [0, 0.1) is 13.8 Å². The van der Waals surface area contributed by atoms with Crippen molar-refractivity contribution in [2.24, 2.45) is 0 Å². The highest BCUT2D eigenvalue weighted by atomic mass is 15.2. The minimum absolute atomic E-state index is 0.727. The van der Waals surface area contributed by atoms with Crippen molar-refractivity contribution in [1.82, 2.24) is 5.32 Å². The number of piperazine rings is 1. The number of aryl methyl sites for hydroxylation is 2. The number of hydrogen-bond donors (Lipinski definition) is 1. The number of rotatable bonds is 1. The van der Waals surface area contributed by atoms with Gasteiger partial charge in [0.05, 0.1) is 0 Å². The Morgan fingerprint density at radius 3 is 2.88 bits per heavy atom. The highest BCUT2D eigenvalue weighted by molar-refractivity contribution is 5.52. The van der Waals surface area contributed by atoms with E-state index in [2.05, 4.69) is 42.3 Å². The summed E-state index contributed by atoms with van der Waals surface area (Å²) in [7, 11) is 0. The third kappa shape index (κ3) is 1.95. The molecule has 0 bridgehead atoms. The molecule has 2 atom stereocenters. The maximum absolute atomic E-state index is 3.67. The molecule has 2 unspecified atom stereocenters. The van der Waals surface area contributed by atoms with Crippen LogP contribution in [-0.2, 0) is 0 Å². The molecular formula is C15H22N2. The van der Waals surface area contributed by atoms with Crippen LogP contribution in [0.1, 0.15) is 30.4 Å². The van der Waals surface area contributed by atoms with Crippen molar-refractivity contribution < 1.29 is 0 Å². The highest BCUT2D eigenvalue weighted by Gasteiger charge is 2.34. The molecule has 0 aromatic heterocycles. The molecule has 2 fully saturated rings. The molecule has 1 aromatic carbocycles. The Bertz CT molecular complexity index is 413. The average Bonchev–Trinajstić information content (AvgIpc) is 2.80. The Kier molecular flexibility index (Phi) is 2.83. The summed E-state index contributed by atoms with van der Waals surface area (Å²) in [6.45, 7) is 6.69. The number of fused-ring (bicyclic) bond motifs is 1. The van der Waals surface area contributed by atoms with Crippen LogP contribution in [0.3, 0.4) is 0 Å². The Morgan fingerprint density at radius 1 is 1.18 bits per heavy atom. The molecule has 2 aliphatic rings. The van der Waals surface area contributed by atoms with Crippen LogP contribution in [0.15, 0.2) is 18.2 Å². The first-order chi connectivity index (χ1) is 8.25. The summed E-state index contributed by atoms with van der Waals surface area (Å²) in [5.41, 5.74) is 4.23. The van der Waals surface area contributed by atoms with E-state index in [9.17, 15) is 0 Å². The molecule has 1 aliphatic heterocycles. The second kappa shape index (κ2) is 4.34. The van der Waals surface area contributed by atoms with Crippen LogP contribution >= 0.6 is 0 Å². The van der Waals surface area contributed by atoms with Gasteiger partial charge in [-0.3, -0.25) is 0 Å². The van der Waals surface area contributed by atoms with E-state index in [1.807, 2.05) is 0 Å². The maximum atomic E-state index is 3.67. The topological polar surface area (TPSA) is 15.3 Å². The van der Waals surface area contributed by atoms with Gasteiger partial charge in [0, 0.05) is 30.9 Å². The van der Waals surface area contributed by atoms with Gasteiger partial charge >= 0.3 is 0 Å². The minimum atomic E-state index is 0.727. The summed E-state index contributed by atoms with van der Waals surface area (Å²) >= 11 is 0. The number of nitrogens with one attached hydrogen (secondary N) is 1. The second-order valence-electron chi connectivity index (χ2n) is 5.52. The monoisotopic (exact) mass is 230 g/mol. The van der Waals surface area contributed by atoms with Gasteiger partial charge in [-0.1, -0.05) is 6.07 Å². The second-order valence-corrected chi connectivity index (χ2v) is 5.52. The van der Waals surface area contributed by atoms with Crippen molar-refractivity contribution in [3.05, 3.63) is 29.3 Å². The van der Waals surface area contributed by atoms with Crippen molar-refractivity contribution in [3.63, 3.8) is 0 Å². The Hall–Kier alpha value is -1.02. The molecule has 1 heterocycles. The van der Waals surface area contributed by atoms with E-state index in [-0.39, 0.29) is 0 Å². The lowest BCUT2D eigenvalue weighted by Crippen LogP contribution is -2.55. The van der Waals surface area contributed by atoms with Gasteiger partial charge in [-0.25, -0.2) is 0 Å². The molecule has 0 radical (unpaired) electrons. The third-order valence-electron chi connectivity index (χ3n) is 4.46. The van der Waals surface area contributed by atoms with E-state index >= 15 is 0 Å². The molecule has 0 amide bonds. The zero-order valence-corrected chi connectivity index (χ0v) is 10.9. The molecule has 1 saturated heterocycles. The Labute approximate surface area is 104 Å². The van der Waals surface area contributed by atoms with Crippen molar-refractivity contribution in [3.8, 4) is 0 Å². The zero-order chi connectivity index (χ0) is 11.8. The summed E-state index contributed by atoms with van der Waals surface area (Å²) < 4.78 is 0. The van der Waals surface area contributed by atoms with Crippen LogP contribution in [0.4, 0.5) is 5.69 Å². The number of anilines is 1. The van der Waals surface area contributed by atoms with E-state index in [1.54, 1.807) is 0 Å². The summed E-state index contributed by atoms with van der Waals surface area (Å²) in [5.74, 6) is 0. The normalized spacial score (nSPS) is 28.2. The molecule has 0 spiro atoms. The van der Waals surface area contributed by atoms with Gasteiger partial charge in [-0.2, -0.15) is 0 Å². The molecule has 1 saturated carbocycles. The van der Waals surface area contributed by atoms with Crippen molar-refractivity contribution in [2.75, 3.05) is 18.0 Å². The number of benzene rings is 1. The van der Waals surface area contributed by atoms with Gasteiger partial charge in [0.25, 0.3) is 0 Å². The van der Waals surface area contributed by atoms with Crippen molar-refractivity contribution in [2.45, 2.75) is 45.2 Å². The lowest BCUT2D eigenvalue weighted by atomic mass is 10.0. The van der Waals surface area contributed by atoms with Gasteiger partial charge < -0.3 is 10.2 Å². The van der Waals surface area contributed by atoms with Gasteiger partial charge in [0.1, 0.15) is 0 Å². The van der Waals surface area contributed by atoms with E-state index in [4.69, 9.17) is 0 Å². The summed E-state index contributed by atoms with van der Waals surface area (Å²) in [6.07, 6.45) is 4.08. The molecule has 1 aromatic rings. The predicted octanol–water partition coefficient (Wildman–Crippen LogP) is 2.63. The number of nitrogens with zero attached hydrogens (tertiary/aromatic N) is 1. The third-order valence-corrected chi connectivity index (χ3v) is 4.46. The highest BCUT2D eigenvalue weighted by Crippen LogP contribution is 2.31. The molecule has 3 rings (SSSR count). The minimum Gasteiger partial charge on any atom is -0.366 e. The lowest BCUT2D eigenvalue weighted by molar-refractivity contribution is 0.404. The largest absolute Gasteiger partial charge is 0.366 e. The van der Waals surface area contributed by atoms with Gasteiger partial charge in [0.2, 0.25) is 0 Å². The smallest absolute Gasteiger partial charge is 0.0443 e. The first-order valence-corrected chi connectivity index (χ1v) is 6.83. The molecule has 1 aliphatic carbocycles. The Balaban J connectivity index is 1.89. The summed E-state index contributed by atoms with van der Waals surface area (Å²) in [4.78, 5) is 2.63. The van der Waals surface area contributed by atoms with E-state index in [1.165, 1.54) is 36.1 Å². The van der Waals surface area contributed by atoms with Crippen molar-refractivity contribution >= 4 is 5.69 Å². The van der Waals surface area contributed by atoms with E-state index in [0.717, 1.165) is 25.2 Å². The average molecular weight is 230 g/mol. The molecule has 17 heavy (non-hydrogen) atoms. The molecule has 2 nitrogen and oxygen atoms in total. The molecule has 2 heteroatoms. The fourth-order valence-electron chi connectivity index (χ4n) is 3.31. The molecule has 92 valence electrons. The zero-order valence-electron chi connectivity index (χ0n) is 10.9. The maximum Gasteiger partial charge on any atom is 0.0443 e. The fourth-order valence-corrected chi connectivity index (χ4v) is 3.31. The first kappa shape index (κ1) is 11.1. The van der Waals surface area contributed by atoms with Gasteiger partial charge in [-0.15, -0.1) is 0 Å². The SMILES string of the molecule is Cc1ccc(N2CCNC3CCCC32)cc1C. The van der Waals surface area contributed by atoms with Crippen LogP contribution in [0.5, 0.6) is 0 Å². The van der Waals surface area contributed by atoms with Crippen LogP contribution in [-0.4, -0.2) is 25.2 Å². The van der Waals surface area contributed by atoms with E-state index in [0.29, 0.717) is 0 Å². The quantitative estimate of drug-likeness (QED) is 0.798. The van der Waals surface area contributed by atoms with Crippen molar-refractivity contribution in [1.29, 1.82) is 0 Å². The van der Waals surface area contributed by atoms with Crippen LogP contribution in [0.2, 0.25) is 0 Å². The van der Waals surface area contributed by atoms with Crippen LogP contribution < -0.4 is 10.2 Å². The van der Waals surface area contributed by atoms with Gasteiger partial charge in [0.15, 0.2) is 0 Å². The van der Waals surface area contributed by atoms with Crippen LogP contribution in [0.25, 0.3) is 0 Å². The number of hydrogen-bond acceptors (Lipinski definition) is 2. The lowest BCUT2D eigenvalue weighted by Gasteiger charge is -2.40. The molecule has 1 N–H and O–H groups in total. The predicted molar refractivity (Wildman–Crippen MR) is 72.7 cm³/mol. The van der Waals surface area contributed by atoms with E-state index < -0.39 is 0 Å².